The lowest BCUT2D eigenvalue weighted by Gasteiger charge is -2.38. The fourth-order valence-electron chi connectivity index (χ4n) is 4.09. The van der Waals surface area contributed by atoms with Crippen molar-refractivity contribution < 1.29 is 14.6 Å². The van der Waals surface area contributed by atoms with Crippen molar-refractivity contribution in [1.29, 1.82) is 0 Å². The predicted molar refractivity (Wildman–Crippen MR) is 79.8 cm³/mol. The smallest absolute Gasteiger partial charge is 0.226 e. The molecule has 2 saturated carbocycles. The lowest BCUT2D eigenvalue weighted by molar-refractivity contribution is -0.145. The number of piperidine rings is 1. The van der Waals surface area contributed by atoms with Gasteiger partial charge in [0.25, 0.3) is 0 Å². The number of hydrogen-bond acceptors (Lipinski definition) is 4. The van der Waals surface area contributed by atoms with Crippen LogP contribution in [0.2, 0.25) is 0 Å². The first-order valence-electron chi connectivity index (χ1n) is 8.19. The molecule has 1 N–H and O–H groups in total. The maximum absolute atomic E-state index is 12.4. The molecule has 4 rings (SSSR count). The van der Waals surface area contributed by atoms with Gasteiger partial charge in [0.1, 0.15) is 0 Å². The van der Waals surface area contributed by atoms with Crippen molar-refractivity contribution >= 4 is 5.91 Å². The first kappa shape index (κ1) is 14.2. The Kier molecular flexibility index (Phi) is 3.62. The molecule has 2 aliphatic carbocycles. The average molecular weight is 302 g/mol. The molecule has 5 heteroatoms. The maximum Gasteiger partial charge on any atom is 0.226 e. The second kappa shape index (κ2) is 5.63. The summed E-state index contributed by atoms with van der Waals surface area (Å²) in [6, 6.07) is 4.29. The van der Waals surface area contributed by atoms with Gasteiger partial charge in [0.05, 0.1) is 18.8 Å². The van der Waals surface area contributed by atoms with Gasteiger partial charge in [0, 0.05) is 36.8 Å². The predicted octanol–water partition coefficient (Wildman–Crippen LogP) is 1.36. The first-order chi connectivity index (χ1) is 10.7. The standard InChI is InChI=1S/C17H22N2O3/c20-15-5-12(6-15)17(21)19-9-13-4-14(19)7-16(13)22-10-11-2-1-3-18-8-11/h1-3,8,12-16,20H,4-7,9-10H2. The third-order valence-electron chi connectivity index (χ3n) is 5.41. The first-order valence-corrected chi connectivity index (χ1v) is 8.19. The molecule has 1 amide bonds. The van der Waals surface area contributed by atoms with Gasteiger partial charge in [-0.25, -0.2) is 0 Å². The lowest BCUT2D eigenvalue weighted by atomic mass is 9.81. The van der Waals surface area contributed by atoms with Crippen LogP contribution in [0.5, 0.6) is 0 Å². The molecule has 1 aromatic rings. The van der Waals surface area contributed by atoms with Gasteiger partial charge >= 0.3 is 0 Å². The maximum atomic E-state index is 12.4. The second-order valence-corrected chi connectivity index (χ2v) is 6.91. The highest BCUT2D eigenvalue weighted by Gasteiger charge is 2.49. The minimum absolute atomic E-state index is 0.0594. The van der Waals surface area contributed by atoms with Gasteiger partial charge in [-0.2, -0.15) is 0 Å². The van der Waals surface area contributed by atoms with Gasteiger partial charge in [0.2, 0.25) is 5.91 Å². The number of aromatic nitrogens is 1. The van der Waals surface area contributed by atoms with Crippen LogP contribution >= 0.6 is 0 Å². The highest BCUT2D eigenvalue weighted by Crippen LogP contribution is 2.42. The van der Waals surface area contributed by atoms with Gasteiger partial charge < -0.3 is 14.7 Å². The number of pyridine rings is 1. The molecular formula is C17H22N2O3. The van der Waals surface area contributed by atoms with Crippen LogP contribution < -0.4 is 0 Å². The van der Waals surface area contributed by atoms with Crippen molar-refractivity contribution in [3.63, 3.8) is 0 Å². The van der Waals surface area contributed by atoms with E-state index in [1.807, 2.05) is 23.2 Å². The van der Waals surface area contributed by atoms with Crippen molar-refractivity contribution in [2.24, 2.45) is 11.8 Å². The highest BCUT2D eigenvalue weighted by atomic mass is 16.5. The van der Waals surface area contributed by atoms with Gasteiger partial charge in [-0.1, -0.05) is 6.07 Å². The molecule has 1 aliphatic heterocycles. The number of carbonyl (C=O) groups is 1. The summed E-state index contributed by atoms with van der Waals surface area (Å²) in [7, 11) is 0. The van der Waals surface area contributed by atoms with Crippen LogP contribution in [-0.2, 0) is 16.1 Å². The largest absolute Gasteiger partial charge is 0.393 e. The Hall–Kier alpha value is -1.46. The summed E-state index contributed by atoms with van der Waals surface area (Å²) < 4.78 is 6.05. The van der Waals surface area contributed by atoms with Crippen molar-refractivity contribution in [2.45, 2.75) is 50.5 Å². The van der Waals surface area contributed by atoms with Crippen LogP contribution in [0.4, 0.5) is 0 Å². The number of likely N-dealkylation sites (tertiary alicyclic amines) is 1. The average Bonchev–Trinajstić information content (AvgIpc) is 3.10. The summed E-state index contributed by atoms with van der Waals surface area (Å²) in [5.41, 5.74) is 1.10. The minimum atomic E-state index is -0.260. The summed E-state index contributed by atoms with van der Waals surface area (Å²) >= 11 is 0. The zero-order valence-corrected chi connectivity index (χ0v) is 12.6. The summed E-state index contributed by atoms with van der Waals surface area (Å²) in [5.74, 6) is 0.781. The monoisotopic (exact) mass is 302 g/mol. The fourth-order valence-corrected chi connectivity index (χ4v) is 4.09. The Labute approximate surface area is 130 Å². The number of aliphatic hydroxyl groups excluding tert-OH is 1. The van der Waals surface area contributed by atoms with Crippen LogP contribution in [0.15, 0.2) is 24.5 Å². The Bertz CT molecular complexity index is 544. The van der Waals surface area contributed by atoms with Crippen LogP contribution in [0, 0.1) is 11.8 Å². The van der Waals surface area contributed by atoms with E-state index in [0.717, 1.165) is 24.9 Å². The molecule has 3 fully saturated rings. The lowest BCUT2D eigenvalue weighted by Crippen LogP contribution is -2.48. The molecule has 0 radical (unpaired) electrons. The number of carbonyl (C=O) groups excluding carboxylic acids is 1. The molecule has 2 bridgehead atoms. The summed E-state index contributed by atoms with van der Waals surface area (Å²) in [6.07, 6.45) is 6.92. The van der Waals surface area contributed by atoms with E-state index in [9.17, 15) is 9.90 Å². The molecule has 118 valence electrons. The third-order valence-corrected chi connectivity index (χ3v) is 5.41. The molecule has 1 saturated heterocycles. The van der Waals surface area contributed by atoms with Crippen molar-refractivity contribution in [3.8, 4) is 0 Å². The molecule has 3 aliphatic rings. The van der Waals surface area contributed by atoms with E-state index < -0.39 is 0 Å². The van der Waals surface area contributed by atoms with Crippen molar-refractivity contribution in [2.75, 3.05) is 6.54 Å². The molecular weight excluding hydrogens is 280 g/mol. The Morgan fingerprint density at radius 3 is 2.86 bits per heavy atom. The number of hydrogen-bond donors (Lipinski definition) is 1. The molecule has 22 heavy (non-hydrogen) atoms. The van der Waals surface area contributed by atoms with E-state index in [-0.39, 0.29) is 24.0 Å². The topological polar surface area (TPSA) is 62.7 Å². The highest BCUT2D eigenvalue weighted by molar-refractivity contribution is 5.80. The molecule has 3 atom stereocenters. The summed E-state index contributed by atoms with van der Waals surface area (Å²) in [6.45, 7) is 1.43. The quantitative estimate of drug-likeness (QED) is 0.912. The molecule has 3 unspecified atom stereocenters. The molecule has 1 aromatic heterocycles. The van der Waals surface area contributed by atoms with Crippen LogP contribution in [0.25, 0.3) is 0 Å². The molecule has 0 aromatic carbocycles. The van der Waals surface area contributed by atoms with E-state index in [4.69, 9.17) is 4.74 Å². The van der Waals surface area contributed by atoms with E-state index in [0.29, 0.717) is 31.4 Å². The summed E-state index contributed by atoms with van der Waals surface area (Å²) in [4.78, 5) is 18.6. The van der Waals surface area contributed by atoms with E-state index in [2.05, 4.69) is 4.98 Å². The van der Waals surface area contributed by atoms with Gasteiger partial charge in [-0.05, 0) is 37.3 Å². The molecule has 0 spiro atoms. The Balaban J connectivity index is 1.29. The number of fused-ring (bicyclic) bond motifs is 2. The minimum Gasteiger partial charge on any atom is -0.393 e. The van der Waals surface area contributed by atoms with Crippen LogP contribution in [0.3, 0.4) is 0 Å². The van der Waals surface area contributed by atoms with Crippen molar-refractivity contribution in [1.82, 2.24) is 9.88 Å². The summed E-state index contributed by atoms with van der Waals surface area (Å²) in [5, 5.41) is 9.37. The number of rotatable bonds is 4. The number of amides is 1. The normalized spacial score (nSPS) is 36.4. The van der Waals surface area contributed by atoms with E-state index in [1.54, 1.807) is 6.20 Å². The fraction of sp³-hybridized carbons (Fsp3) is 0.647. The third kappa shape index (κ3) is 2.52. The number of aliphatic hydroxyl groups is 1. The molecule has 2 heterocycles. The molecule has 5 nitrogen and oxygen atoms in total. The SMILES string of the molecule is O=C(C1CC(O)C1)N1CC2CC1CC2OCc1cccnc1. The number of ether oxygens (including phenoxy) is 1. The second-order valence-electron chi connectivity index (χ2n) is 6.91. The Morgan fingerprint density at radius 2 is 2.23 bits per heavy atom. The van der Waals surface area contributed by atoms with E-state index >= 15 is 0 Å². The van der Waals surface area contributed by atoms with Crippen LogP contribution in [0.1, 0.15) is 31.2 Å². The number of nitrogens with zero attached hydrogens (tertiary/aromatic N) is 2. The van der Waals surface area contributed by atoms with Gasteiger partial charge in [-0.3, -0.25) is 9.78 Å². The van der Waals surface area contributed by atoms with Crippen molar-refractivity contribution in [3.05, 3.63) is 30.1 Å². The van der Waals surface area contributed by atoms with Gasteiger partial charge in [-0.15, -0.1) is 0 Å². The van der Waals surface area contributed by atoms with E-state index in [1.165, 1.54) is 0 Å². The van der Waals surface area contributed by atoms with Gasteiger partial charge in [0.15, 0.2) is 0 Å². The zero-order valence-electron chi connectivity index (χ0n) is 12.6. The Morgan fingerprint density at radius 1 is 1.36 bits per heavy atom. The zero-order chi connectivity index (χ0) is 15.1. The van der Waals surface area contributed by atoms with Crippen LogP contribution in [-0.4, -0.2) is 45.7 Å².